The highest BCUT2D eigenvalue weighted by Crippen LogP contribution is 2.67. The summed E-state index contributed by atoms with van der Waals surface area (Å²) in [6.07, 6.45) is -1.60. The van der Waals surface area contributed by atoms with Crippen molar-refractivity contribution in [1.82, 2.24) is 0 Å². The summed E-state index contributed by atoms with van der Waals surface area (Å²) < 4.78 is 5.05. The number of halogens is 1. The van der Waals surface area contributed by atoms with Crippen LogP contribution in [-0.4, -0.2) is 35.4 Å². The number of hydrogen-bond donors (Lipinski definition) is 2. The topological polar surface area (TPSA) is 90.3 Å². The first-order valence-corrected chi connectivity index (χ1v) is 11.4. The van der Waals surface area contributed by atoms with Crippen LogP contribution < -0.4 is 9.80 Å². The Hall–Kier alpha value is -3.39. The van der Waals surface area contributed by atoms with E-state index >= 15 is 0 Å². The molecule has 2 atom stereocenters. The van der Waals surface area contributed by atoms with Gasteiger partial charge in [0.15, 0.2) is 6.29 Å². The zero-order valence-electron chi connectivity index (χ0n) is 18.0. The van der Waals surface area contributed by atoms with E-state index in [1.807, 2.05) is 48.5 Å². The number of carbonyl (C=O) groups excluding carboxylic acids is 2. The van der Waals surface area contributed by atoms with Crippen molar-refractivity contribution in [2.45, 2.75) is 24.0 Å². The number of aliphatic hydroxyl groups excluding tert-OH is 1. The quantitative estimate of drug-likeness (QED) is 0.545. The summed E-state index contributed by atoms with van der Waals surface area (Å²) in [5.41, 5.74) is 3.15. The van der Waals surface area contributed by atoms with E-state index in [4.69, 9.17) is 16.3 Å². The Balaban J connectivity index is 1.46. The molecule has 1 spiro atoms. The average Bonchev–Trinajstić information content (AvgIpc) is 3.36. The molecule has 0 bridgehead atoms. The Kier molecular flexibility index (Phi) is 4.71. The molecule has 1 saturated carbocycles. The first-order chi connectivity index (χ1) is 16.4. The van der Waals surface area contributed by atoms with Crippen LogP contribution in [0.15, 0.2) is 66.7 Å². The summed E-state index contributed by atoms with van der Waals surface area (Å²) in [6, 6.07) is 20.1. The predicted octanol–water partition coefficient (Wildman–Crippen LogP) is 4.38. The Morgan fingerprint density at radius 1 is 1.00 bits per heavy atom. The van der Waals surface area contributed by atoms with Crippen LogP contribution in [0, 0.1) is 0 Å². The molecule has 2 amide bonds. The molecule has 34 heavy (non-hydrogen) atoms. The molecule has 1 aliphatic carbocycles. The second kappa shape index (κ2) is 7.56. The fourth-order valence-electron chi connectivity index (χ4n) is 5.30. The highest BCUT2D eigenvalue weighted by Gasteiger charge is 2.67. The molecule has 3 aliphatic rings. The smallest absolute Gasteiger partial charge is 0.414 e. The standard InChI is InChI=1S/C26H21ClN2O5/c27-17-7-5-15(6-8-17)21-14-26(21)20-3-1-2-4-22(20)29(24(26)32)19-12-16(23(30)31)11-18(13-19)28-9-10-34-25(28)33/h1-8,11-13,21,23,30-31H,9-10,14H2. The molecule has 2 fully saturated rings. The van der Waals surface area contributed by atoms with E-state index in [2.05, 4.69) is 0 Å². The lowest BCUT2D eigenvalue weighted by molar-refractivity contribution is -0.119. The van der Waals surface area contributed by atoms with Gasteiger partial charge in [0, 0.05) is 22.2 Å². The predicted molar refractivity (Wildman–Crippen MR) is 126 cm³/mol. The molecule has 1 saturated heterocycles. The molecule has 2 N–H and O–H groups in total. The van der Waals surface area contributed by atoms with E-state index < -0.39 is 17.8 Å². The Labute approximate surface area is 200 Å². The molecule has 3 aromatic carbocycles. The summed E-state index contributed by atoms with van der Waals surface area (Å²) in [4.78, 5) is 29.3. The van der Waals surface area contributed by atoms with Crippen molar-refractivity contribution in [1.29, 1.82) is 0 Å². The summed E-state index contributed by atoms with van der Waals surface area (Å²) in [5, 5.41) is 20.5. The number of benzene rings is 3. The second-order valence-corrected chi connectivity index (χ2v) is 9.30. The van der Waals surface area contributed by atoms with E-state index in [9.17, 15) is 19.8 Å². The Morgan fingerprint density at radius 2 is 1.74 bits per heavy atom. The number of anilines is 3. The van der Waals surface area contributed by atoms with Gasteiger partial charge in [0.25, 0.3) is 0 Å². The van der Waals surface area contributed by atoms with Gasteiger partial charge < -0.3 is 14.9 Å². The number of rotatable bonds is 4. The minimum absolute atomic E-state index is 0.0167. The number of amides is 2. The number of fused-ring (bicyclic) bond motifs is 2. The maximum Gasteiger partial charge on any atom is 0.414 e. The third kappa shape index (κ3) is 3.05. The molecule has 2 unspecified atom stereocenters. The Bertz CT molecular complexity index is 1330. The summed E-state index contributed by atoms with van der Waals surface area (Å²) >= 11 is 6.07. The van der Waals surface area contributed by atoms with Crippen molar-refractivity contribution >= 4 is 40.7 Å². The summed E-state index contributed by atoms with van der Waals surface area (Å²) in [7, 11) is 0. The molecule has 8 heteroatoms. The fourth-order valence-corrected chi connectivity index (χ4v) is 5.43. The normalized spacial score (nSPS) is 23.1. The van der Waals surface area contributed by atoms with Crippen LogP contribution in [-0.2, 0) is 14.9 Å². The van der Waals surface area contributed by atoms with E-state index in [-0.39, 0.29) is 24.0 Å². The summed E-state index contributed by atoms with van der Waals surface area (Å²) in [5.74, 6) is -0.0590. The number of para-hydroxylation sites is 1. The fraction of sp³-hybridized carbons (Fsp3) is 0.231. The van der Waals surface area contributed by atoms with Crippen LogP contribution in [0.4, 0.5) is 21.9 Å². The lowest BCUT2D eigenvalue weighted by atomic mass is 9.92. The van der Waals surface area contributed by atoms with E-state index in [0.29, 0.717) is 29.4 Å². The minimum Gasteiger partial charge on any atom is -0.447 e. The van der Waals surface area contributed by atoms with Gasteiger partial charge in [0.05, 0.1) is 23.3 Å². The van der Waals surface area contributed by atoms with Crippen LogP contribution in [0.5, 0.6) is 0 Å². The first kappa shape index (κ1) is 21.2. The maximum atomic E-state index is 14.0. The van der Waals surface area contributed by atoms with E-state index in [1.165, 1.54) is 11.0 Å². The van der Waals surface area contributed by atoms with Crippen LogP contribution in [0.1, 0.15) is 35.3 Å². The van der Waals surface area contributed by atoms with Gasteiger partial charge in [-0.2, -0.15) is 0 Å². The van der Waals surface area contributed by atoms with Crippen LogP contribution in [0.3, 0.4) is 0 Å². The number of hydrogen-bond acceptors (Lipinski definition) is 5. The van der Waals surface area contributed by atoms with Crippen molar-refractivity contribution in [3.8, 4) is 0 Å². The highest BCUT2D eigenvalue weighted by molar-refractivity contribution is 6.30. The minimum atomic E-state index is -1.76. The molecule has 0 radical (unpaired) electrons. The second-order valence-electron chi connectivity index (χ2n) is 8.86. The van der Waals surface area contributed by atoms with Crippen molar-refractivity contribution in [3.63, 3.8) is 0 Å². The van der Waals surface area contributed by atoms with Crippen molar-refractivity contribution < 1.29 is 24.5 Å². The number of aliphatic hydroxyl groups is 2. The van der Waals surface area contributed by atoms with Gasteiger partial charge in [-0.1, -0.05) is 41.9 Å². The molecule has 2 heterocycles. The van der Waals surface area contributed by atoms with Gasteiger partial charge in [-0.3, -0.25) is 14.6 Å². The van der Waals surface area contributed by atoms with Gasteiger partial charge in [-0.05, 0) is 53.9 Å². The third-order valence-electron chi connectivity index (χ3n) is 7.00. The van der Waals surface area contributed by atoms with Gasteiger partial charge in [-0.15, -0.1) is 0 Å². The zero-order chi connectivity index (χ0) is 23.6. The molecule has 2 aliphatic heterocycles. The molecular weight excluding hydrogens is 456 g/mol. The van der Waals surface area contributed by atoms with Crippen LogP contribution in [0.2, 0.25) is 5.02 Å². The third-order valence-corrected chi connectivity index (χ3v) is 7.25. The average molecular weight is 477 g/mol. The van der Waals surface area contributed by atoms with Gasteiger partial charge in [0.2, 0.25) is 5.91 Å². The number of cyclic esters (lactones) is 1. The SMILES string of the molecule is O=C1OCCN1c1cc(C(O)O)cc(N2C(=O)C3(CC3c3ccc(Cl)cc3)c3ccccc32)c1. The highest BCUT2D eigenvalue weighted by atomic mass is 35.5. The molecule has 6 rings (SSSR count). The van der Waals surface area contributed by atoms with Gasteiger partial charge in [-0.25, -0.2) is 4.79 Å². The van der Waals surface area contributed by atoms with Crippen LogP contribution in [0.25, 0.3) is 0 Å². The lowest BCUT2D eigenvalue weighted by Crippen LogP contribution is -2.30. The monoisotopic (exact) mass is 476 g/mol. The summed E-state index contributed by atoms with van der Waals surface area (Å²) in [6.45, 7) is 0.591. The van der Waals surface area contributed by atoms with Gasteiger partial charge in [0.1, 0.15) is 6.61 Å². The molecule has 7 nitrogen and oxygen atoms in total. The van der Waals surface area contributed by atoms with Crippen molar-refractivity contribution in [2.24, 2.45) is 0 Å². The largest absolute Gasteiger partial charge is 0.447 e. The number of ether oxygens (including phenoxy) is 1. The maximum absolute atomic E-state index is 14.0. The van der Waals surface area contributed by atoms with Crippen molar-refractivity contribution in [3.05, 3.63) is 88.4 Å². The van der Waals surface area contributed by atoms with Crippen LogP contribution >= 0.6 is 11.6 Å². The van der Waals surface area contributed by atoms with Gasteiger partial charge >= 0.3 is 6.09 Å². The molecule has 0 aromatic heterocycles. The molecule has 172 valence electrons. The number of carbonyl (C=O) groups is 2. The number of nitrogens with zero attached hydrogens (tertiary/aromatic N) is 2. The zero-order valence-corrected chi connectivity index (χ0v) is 18.8. The van der Waals surface area contributed by atoms with E-state index in [0.717, 1.165) is 16.8 Å². The Morgan fingerprint density at radius 3 is 2.44 bits per heavy atom. The van der Waals surface area contributed by atoms with Crippen molar-refractivity contribution in [2.75, 3.05) is 23.0 Å². The molecule has 3 aromatic rings. The molecular formula is C26H21ClN2O5. The van der Waals surface area contributed by atoms with E-state index in [1.54, 1.807) is 17.0 Å². The first-order valence-electron chi connectivity index (χ1n) is 11.0. The lowest BCUT2D eigenvalue weighted by Gasteiger charge is -2.23.